The van der Waals surface area contributed by atoms with Crippen molar-refractivity contribution in [3.63, 3.8) is 0 Å². The van der Waals surface area contributed by atoms with E-state index in [4.69, 9.17) is 4.74 Å². The lowest BCUT2D eigenvalue weighted by Gasteiger charge is -2.14. The maximum Gasteiger partial charge on any atom is 0.329 e. The van der Waals surface area contributed by atoms with E-state index in [1.165, 1.54) is 4.90 Å². The second kappa shape index (κ2) is 3.50. The van der Waals surface area contributed by atoms with Crippen molar-refractivity contribution >= 4 is 17.6 Å². The molecule has 100 valence electrons. The van der Waals surface area contributed by atoms with Gasteiger partial charge in [0, 0.05) is 0 Å². The molecule has 0 aromatic heterocycles. The monoisotopic (exact) mass is 260 g/mol. The highest BCUT2D eigenvalue weighted by molar-refractivity contribution is 6.25. The summed E-state index contributed by atoms with van der Waals surface area (Å²) in [5.74, 6) is 0.532. The molecular weight excluding hydrogens is 244 g/mol. The summed E-state index contributed by atoms with van der Waals surface area (Å²) in [5, 5.41) is 2.83. The van der Waals surface area contributed by atoms with Crippen LogP contribution in [0.25, 0.3) is 0 Å². The first kappa shape index (κ1) is 12.0. The summed E-state index contributed by atoms with van der Waals surface area (Å²) in [6.45, 7) is 3.98. The van der Waals surface area contributed by atoms with Gasteiger partial charge in [0.05, 0.1) is 12.8 Å². The summed E-state index contributed by atoms with van der Waals surface area (Å²) in [5.41, 5.74) is -0.298. The maximum atomic E-state index is 12.5. The number of amides is 3. The number of hydrogen-bond donors (Lipinski definition) is 1. The number of benzene rings is 1. The van der Waals surface area contributed by atoms with Crippen LogP contribution in [0.15, 0.2) is 24.3 Å². The van der Waals surface area contributed by atoms with Crippen molar-refractivity contribution in [2.45, 2.75) is 25.8 Å². The lowest BCUT2D eigenvalue weighted by molar-refractivity contribution is -0.119. The van der Waals surface area contributed by atoms with Gasteiger partial charge in [0.2, 0.25) is 0 Å². The van der Waals surface area contributed by atoms with Gasteiger partial charge in [0.1, 0.15) is 11.3 Å². The van der Waals surface area contributed by atoms with E-state index in [0.29, 0.717) is 17.9 Å². The molecule has 1 spiro atoms. The minimum Gasteiger partial charge on any atom is -0.497 e. The Labute approximate surface area is 111 Å². The number of carbonyl (C=O) groups is 2. The van der Waals surface area contributed by atoms with E-state index in [0.717, 1.165) is 0 Å². The Morgan fingerprint density at radius 3 is 2.21 bits per heavy atom. The highest BCUT2D eigenvalue weighted by Gasteiger charge is 2.72. The quantitative estimate of drug-likeness (QED) is 0.826. The second-order valence-electron chi connectivity index (χ2n) is 5.73. The van der Waals surface area contributed by atoms with E-state index in [1.807, 2.05) is 13.8 Å². The number of rotatable bonds is 2. The molecule has 1 atom stereocenters. The zero-order chi connectivity index (χ0) is 13.8. The molecule has 5 nitrogen and oxygen atoms in total. The molecule has 0 bridgehead atoms. The van der Waals surface area contributed by atoms with Crippen molar-refractivity contribution < 1.29 is 14.3 Å². The van der Waals surface area contributed by atoms with Crippen molar-refractivity contribution in [1.29, 1.82) is 0 Å². The summed E-state index contributed by atoms with van der Waals surface area (Å²) in [6, 6.07) is 6.55. The highest BCUT2D eigenvalue weighted by Crippen LogP contribution is 2.58. The molecule has 1 aromatic rings. The van der Waals surface area contributed by atoms with Crippen LogP contribution in [0.3, 0.4) is 0 Å². The summed E-state index contributed by atoms with van der Waals surface area (Å²) < 4.78 is 5.07. The third-order valence-corrected chi connectivity index (χ3v) is 4.16. The van der Waals surface area contributed by atoms with Gasteiger partial charge >= 0.3 is 6.03 Å². The fourth-order valence-electron chi connectivity index (χ4n) is 2.74. The molecule has 1 aliphatic heterocycles. The van der Waals surface area contributed by atoms with Gasteiger partial charge in [-0.25, -0.2) is 9.69 Å². The van der Waals surface area contributed by atoms with Gasteiger partial charge in [0.15, 0.2) is 0 Å². The van der Waals surface area contributed by atoms with Crippen LogP contribution < -0.4 is 15.0 Å². The van der Waals surface area contributed by atoms with Crippen molar-refractivity contribution in [3.05, 3.63) is 24.3 Å². The lowest BCUT2D eigenvalue weighted by Crippen LogP contribution is -2.36. The minimum absolute atomic E-state index is 0.160. The second-order valence-corrected chi connectivity index (χ2v) is 5.73. The molecule has 1 saturated carbocycles. The minimum atomic E-state index is -0.704. The summed E-state index contributed by atoms with van der Waals surface area (Å²) in [6.07, 6.45) is 0.692. The predicted octanol–water partition coefficient (Wildman–Crippen LogP) is 1.92. The van der Waals surface area contributed by atoms with Crippen LogP contribution in [0, 0.1) is 5.41 Å². The largest absolute Gasteiger partial charge is 0.497 e. The zero-order valence-corrected chi connectivity index (χ0v) is 11.2. The normalized spacial score (nSPS) is 27.6. The number of anilines is 1. The van der Waals surface area contributed by atoms with Gasteiger partial charge in [-0.15, -0.1) is 0 Å². The van der Waals surface area contributed by atoms with E-state index in [2.05, 4.69) is 5.32 Å². The third-order valence-electron chi connectivity index (χ3n) is 4.16. The van der Waals surface area contributed by atoms with Crippen LogP contribution in [-0.4, -0.2) is 24.6 Å². The smallest absolute Gasteiger partial charge is 0.329 e. The Morgan fingerprint density at radius 1 is 1.21 bits per heavy atom. The van der Waals surface area contributed by atoms with Crippen LogP contribution in [0.5, 0.6) is 5.75 Å². The first-order valence-corrected chi connectivity index (χ1v) is 6.22. The summed E-state index contributed by atoms with van der Waals surface area (Å²) >= 11 is 0. The standard InChI is InChI=1S/C14H16N2O3/c1-13(2)8-14(13)11(17)16(12(18)15-14)9-4-6-10(19-3)7-5-9/h4-7H,8H2,1-3H3,(H,15,18). The molecule has 1 aromatic carbocycles. The van der Waals surface area contributed by atoms with E-state index in [9.17, 15) is 9.59 Å². The number of nitrogens with zero attached hydrogens (tertiary/aromatic N) is 1. The number of ether oxygens (including phenoxy) is 1. The van der Waals surface area contributed by atoms with Crippen LogP contribution in [0.4, 0.5) is 10.5 Å². The Balaban J connectivity index is 1.93. The first-order chi connectivity index (χ1) is 8.91. The Hall–Kier alpha value is -2.04. The SMILES string of the molecule is COc1ccc(N2C(=O)NC3(CC3(C)C)C2=O)cc1. The van der Waals surface area contributed by atoms with E-state index < -0.39 is 5.54 Å². The van der Waals surface area contributed by atoms with Crippen LogP contribution >= 0.6 is 0 Å². The van der Waals surface area contributed by atoms with Gasteiger partial charge in [-0.2, -0.15) is 0 Å². The molecule has 0 radical (unpaired) electrons. The number of nitrogens with one attached hydrogen (secondary N) is 1. The molecule has 1 heterocycles. The number of imide groups is 1. The Morgan fingerprint density at radius 2 is 1.79 bits per heavy atom. The van der Waals surface area contributed by atoms with Crippen molar-refractivity contribution in [1.82, 2.24) is 5.32 Å². The van der Waals surface area contributed by atoms with Gasteiger partial charge in [-0.3, -0.25) is 4.79 Å². The topological polar surface area (TPSA) is 58.6 Å². The molecule has 1 N–H and O–H groups in total. The molecule has 5 heteroatoms. The fraction of sp³-hybridized carbons (Fsp3) is 0.429. The predicted molar refractivity (Wildman–Crippen MR) is 70.1 cm³/mol. The Kier molecular flexibility index (Phi) is 2.21. The number of urea groups is 1. The highest BCUT2D eigenvalue weighted by atomic mass is 16.5. The molecule has 1 saturated heterocycles. The van der Waals surface area contributed by atoms with Gasteiger partial charge < -0.3 is 10.1 Å². The maximum absolute atomic E-state index is 12.5. The lowest BCUT2D eigenvalue weighted by atomic mass is 10.0. The summed E-state index contributed by atoms with van der Waals surface area (Å²) in [4.78, 5) is 25.7. The van der Waals surface area contributed by atoms with Gasteiger partial charge in [0.25, 0.3) is 5.91 Å². The molecule has 19 heavy (non-hydrogen) atoms. The molecule has 1 aliphatic carbocycles. The van der Waals surface area contributed by atoms with E-state index in [1.54, 1.807) is 31.4 Å². The van der Waals surface area contributed by atoms with Crippen molar-refractivity contribution in [3.8, 4) is 5.75 Å². The zero-order valence-electron chi connectivity index (χ0n) is 11.2. The Bertz CT molecular complexity index is 565. The average Bonchev–Trinajstić information content (AvgIpc) is 2.82. The number of hydrogen-bond acceptors (Lipinski definition) is 3. The van der Waals surface area contributed by atoms with E-state index in [-0.39, 0.29) is 17.4 Å². The van der Waals surface area contributed by atoms with Gasteiger partial charge in [-0.05, 0) is 36.1 Å². The molecule has 2 fully saturated rings. The molecule has 2 aliphatic rings. The molecule has 1 unspecified atom stereocenters. The fourth-order valence-corrected chi connectivity index (χ4v) is 2.74. The van der Waals surface area contributed by atoms with E-state index >= 15 is 0 Å². The molecular formula is C14H16N2O3. The van der Waals surface area contributed by atoms with Gasteiger partial charge in [-0.1, -0.05) is 13.8 Å². The number of methoxy groups -OCH3 is 1. The van der Waals surface area contributed by atoms with Crippen LogP contribution in [-0.2, 0) is 4.79 Å². The third kappa shape index (κ3) is 1.47. The van der Waals surface area contributed by atoms with Crippen LogP contribution in [0.2, 0.25) is 0 Å². The van der Waals surface area contributed by atoms with Crippen molar-refractivity contribution in [2.75, 3.05) is 12.0 Å². The first-order valence-electron chi connectivity index (χ1n) is 6.22. The number of carbonyl (C=O) groups excluding carboxylic acids is 2. The van der Waals surface area contributed by atoms with Crippen molar-refractivity contribution in [2.24, 2.45) is 5.41 Å². The van der Waals surface area contributed by atoms with Crippen LogP contribution in [0.1, 0.15) is 20.3 Å². The summed E-state index contributed by atoms with van der Waals surface area (Å²) in [7, 11) is 1.57. The average molecular weight is 260 g/mol. The molecule has 3 rings (SSSR count). The molecule has 3 amide bonds.